The highest BCUT2D eigenvalue weighted by Crippen LogP contribution is 2.40. The monoisotopic (exact) mass is 432 g/mol. The molecule has 2 fully saturated rings. The maximum absolute atomic E-state index is 13.5. The number of carbonyl (C=O) groups excluding carboxylic acids is 1. The summed E-state index contributed by atoms with van der Waals surface area (Å²) in [5.41, 5.74) is 3.23. The smallest absolute Gasteiger partial charge is 0.252 e. The van der Waals surface area contributed by atoms with E-state index < -0.39 is 0 Å². The van der Waals surface area contributed by atoms with E-state index in [9.17, 15) is 4.79 Å². The zero-order chi connectivity index (χ0) is 22.1. The van der Waals surface area contributed by atoms with E-state index in [1.165, 1.54) is 19.4 Å². The van der Waals surface area contributed by atoms with Crippen molar-refractivity contribution < 1.29 is 4.79 Å². The summed E-state index contributed by atoms with van der Waals surface area (Å²) in [6, 6.07) is 7.97. The molecule has 0 spiro atoms. The van der Waals surface area contributed by atoms with E-state index >= 15 is 0 Å². The van der Waals surface area contributed by atoms with Crippen molar-refractivity contribution in [1.29, 1.82) is 0 Å². The number of nitrogens with one attached hydrogen (secondary N) is 1. The van der Waals surface area contributed by atoms with Gasteiger partial charge in [-0.25, -0.2) is 9.97 Å². The number of likely N-dealkylation sites (tertiary alicyclic amines) is 1. The summed E-state index contributed by atoms with van der Waals surface area (Å²) in [6.45, 7) is 7.46. The maximum Gasteiger partial charge on any atom is 0.252 e. The molecule has 0 bridgehead atoms. The number of pyridine rings is 2. The molecule has 7 heteroatoms. The molecule has 1 N–H and O–H groups in total. The lowest BCUT2D eigenvalue weighted by Gasteiger charge is -2.32. The Morgan fingerprint density at radius 1 is 1.19 bits per heavy atom. The quantitative estimate of drug-likeness (QED) is 0.611. The molecule has 2 aliphatic rings. The SMILES string of the molecule is CCCCN1CCC(NC(=O)c2cc(C3CC3)nc3c2c(C)nn3-c2ccccn2)CC1. The number of aromatic nitrogens is 4. The third kappa shape index (κ3) is 4.26. The molecule has 1 saturated carbocycles. The minimum atomic E-state index is -0.00465. The first kappa shape index (κ1) is 21.1. The summed E-state index contributed by atoms with van der Waals surface area (Å²) in [6.07, 6.45) is 8.50. The van der Waals surface area contributed by atoms with Gasteiger partial charge in [-0.2, -0.15) is 9.78 Å². The van der Waals surface area contributed by atoms with Crippen LogP contribution in [0, 0.1) is 6.92 Å². The minimum absolute atomic E-state index is 0.00465. The van der Waals surface area contributed by atoms with Crippen molar-refractivity contribution in [3.63, 3.8) is 0 Å². The summed E-state index contributed by atoms with van der Waals surface area (Å²) in [5, 5.41) is 8.87. The molecule has 7 nitrogen and oxygen atoms in total. The molecule has 5 rings (SSSR count). The number of rotatable bonds is 7. The Morgan fingerprint density at radius 2 is 2.00 bits per heavy atom. The van der Waals surface area contributed by atoms with Crippen LogP contribution in [0.3, 0.4) is 0 Å². The standard InChI is InChI=1S/C25H32N6O/c1-3-4-13-30-14-10-19(11-15-30)27-25(32)20-16-21(18-8-9-18)28-24-23(20)17(2)29-31(24)22-7-5-6-12-26-22/h5-7,12,16,18-19H,3-4,8-11,13-15H2,1-2H3,(H,27,32). The molecule has 1 amide bonds. The Hall–Kier alpha value is -2.80. The fraction of sp³-hybridized carbons (Fsp3) is 0.520. The molecule has 1 aliphatic carbocycles. The topological polar surface area (TPSA) is 75.9 Å². The molecule has 4 heterocycles. The number of amides is 1. The summed E-state index contributed by atoms with van der Waals surface area (Å²) in [4.78, 5) is 25.4. The fourth-order valence-electron chi connectivity index (χ4n) is 4.66. The highest BCUT2D eigenvalue weighted by molar-refractivity contribution is 6.07. The second-order valence-electron chi connectivity index (χ2n) is 9.20. The van der Waals surface area contributed by atoms with Gasteiger partial charge >= 0.3 is 0 Å². The number of fused-ring (bicyclic) bond motifs is 1. The lowest BCUT2D eigenvalue weighted by Crippen LogP contribution is -2.44. The van der Waals surface area contributed by atoms with Crippen molar-refractivity contribution in [3.8, 4) is 5.82 Å². The lowest BCUT2D eigenvalue weighted by molar-refractivity contribution is 0.0912. The van der Waals surface area contributed by atoms with E-state index in [1.807, 2.05) is 31.2 Å². The molecular formula is C25H32N6O. The predicted molar refractivity (Wildman–Crippen MR) is 125 cm³/mol. The van der Waals surface area contributed by atoms with E-state index in [0.717, 1.165) is 67.0 Å². The van der Waals surface area contributed by atoms with Crippen molar-refractivity contribution in [2.45, 2.75) is 64.3 Å². The van der Waals surface area contributed by atoms with E-state index in [0.29, 0.717) is 11.5 Å². The first-order chi connectivity index (χ1) is 15.6. The van der Waals surface area contributed by atoms with Crippen molar-refractivity contribution in [2.24, 2.45) is 0 Å². The number of hydrogen-bond donors (Lipinski definition) is 1. The summed E-state index contributed by atoms with van der Waals surface area (Å²) in [7, 11) is 0. The maximum atomic E-state index is 13.5. The molecule has 0 unspecified atom stereocenters. The average molecular weight is 433 g/mol. The van der Waals surface area contributed by atoms with E-state index in [1.54, 1.807) is 10.9 Å². The first-order valence-corrected chi connectivity index (χ1v) is 12.0. The number of nitrogens with zero attached hydrogens (tertiary/aromatic N) is 5. The molecule has 0 radical (unpaired) electrons. The molecule has 0 atom stereocenters. The second-order valence-corrected chi connectivity index (χ2v) is 9.20. The van der Waals surface area contributed by atoms with Crippen LogP contribution in [0.4, 0.5) is 0 Å². The van der Waals surface area contributed by atoms with Gasteiger partial charge in [0, 0.05) is 36.9 Å². The third-order valence-electron chi connectivity index (χ3n) is 6.69. The van der Waals surface area contributed by atoms with Crippen molar-refractivity contribution >= 4 is 16.9 Å². The number of piperidine rings is 1. The molecule has 168 valence electrons. The molecule has 32 heavy (non-hydrogen) atoms. The van der Waals surface area contributed by atoms with Crippen LogP contribution in [0.2, 0.25) is 0 Å². The van der Waals surface area contributed by atoms with Gasteiger partial charge in [-0.1, -0.05) is 19.4 Å². The van der Waals surface area contributed by atoms with Crippen LogP contribution in [0.5, 0.6) is 0 Å². The number of unbranched alkanes of at least 4 members (excludes halogenated alkanes) is 1. The van der Waals surface area contributed by atoms with E-state index in [4.69, 9.17) is 10.1 Å². The number of aryl methyl sites for hydroxylation is 1. The summed E-state index contributed by atoms with van der Waals surface area (Å²) < 4.78 is 1.78. The lowest BCUT2D eigenvalue weighted by atomic mass is 10.0. The molecule has 3 aromatic heterocycles. The van der Waals surface area contributed by atoms with E-state index in [-0.39, 0.29) is 11.9 Å². The van der Waals surface area contributed by atoms with Gasteiger partial charge in [-0.15, -0.1) is 0 Å². The van der Waals surface area contributed by atoms with E-state index in [2.05, 4.69) is 22.1 Å². The number of hydrogen-bond acceptors (Lipinski definition) is 5. The van der Waals surface area contributed by atoms with Crippen LogP contribution in [0.15, 0.2) is 30.5 Å². The van der Waals surface area contributed by atoms with Crippen molar-refractivity contribution in [3.05, 3.63) is 47.4 Å². The molecule has 3 aromatic rings. The molecule has 0 aromatic carbocycles. The normalized spacial score (nSPS) is 17.7. The van der Waals surface area contributed by atoms with Crippen LogP contribution in [-0.4, -0.2) is 56.2 Å². The largest absolute Gasteiger partial charge is 0.349 e. The van der Waals surface area contributed by atoms with Gasteiger partial charge < -0.3 is 10.2 Å². The summed E-state index contributed by atoms with van der Waals surface area (Å²) >= 11 is 0. The van der Waals surface area contributed by atoms with Gasteiger partial charge in [0.25, 0.3) is 5.91 Å². The molecule has 1 saturated heterocycles. The van der Waals surface area contributed by atoms with Gasteiger partial charge in [0.15, 0.2) is 11.5 Å². The minimum Gasteiger partial charge on any atom is -0.349 e. The van der Waals surface area contributed by atoms with Crippen molar-refractivity contribution in [1.82, 2.24) is 30.0 Å². The first-order valence-electron chi connectivity index (χ1n) is 12.0. The van der Waals surface area contributed by atoms with Crippen LogP contribution < -0.4 is 5.32 Å². The fourth-order valence-corrected chi connectivity index (χ4v) is 4.66. The predicted octanol–water partition coefficient (Wildman–Crippen LogP) is 4.00. The Kier molecular flexibility index (Phi) is 5.91. The highest BCUT2D eigenvalue weighted by atomic mass is 16.1. The Balaban J connectivity index is 1.43. The van der Waals surface area contributed by atoms with Crippen LogP contribution in [0.25, 0.3) is 16.9 Å². The van der Waals surface area contributed by atoms with Crippen LogP contribution in [-0.2, 0) is 0 Å². The van der Waals surface area contributed by atoms with Crippen molar-refractivity contribution in [2.75, 3.05) is 19.6 Å². The average Bonchev–Trinajstić information content (AvgIpc) is 3.62. The van der Waals surface area contributed by atoms with Gasteiger partial charge in [-0.3, -0.25) is 4.79 Å². The molecular weight excluding hydrogens is 400 g/mol. The Morgan fingerprint density at radius 3 is 2.69 bits per heavy atom. The number of carbonyl (C=O) groups is 1. The van der Waals surface area contributed by atoms with Crippen LogP contribution in [0.1, 0.15) is 73.1 Å². The van der Waals surface area contributed by atoms with Crippen LogP contribution >= 0.6 is 0 Å². The van der Waals surface area contributed by atoms with Gasteiger partial charge in [0.05, 0.1) is 16.6 Å². The zero-order valence-electron chi connectivity index (χ0n) is 19.0. The van der Waals surface area contributed by atoms with Gasteiger partial charge in [0.1, 0.15) is 0 Å². The second kappa shape index (κ2) is 8.98. The third-order valence-corrected chi connectivity index (χ3v) is 6.69. The summed E-state index contributed by atoms with van der Waals surface area (Å²) in [5.74, 6) is 1.16. The zero-order valence-corrected chi connectivity index (χ0v) is 19.0. The highest BCUT2D eigenvalue weighted by Gasteiger charge is 2.30. The Bertz CT molecular complexity index is 1100. The van der Waals surface area contributed by atoms with Gasteiger partial charge in [-0.05, 0) is 63.8 Å². The Labute approximate surface area is 189 Å². The van der Waals surface area contributed by atoms with Gasteiger partial charge in [0.2, 0.25) is 0 Å². The molecule has 1 aliphatic heterocycles.